The number of guanidine groups is 1. The van der Waals surface area contributed by atoms with Gasteiger partial charge in [-0.2, -0.15) is 0 Å². The number of carboxylic acid groups (broad SMARTS) is 1. The zero-order valence-corrected chi connectivity index (χ0v) is 28.4. The van der Waals surface area contributed by atoms with Gasteiger partial charge >= 0.3 is 18.2 Å². The molecule has 43 heavy (non-hydrogen) atoms. The molecule has 6 atom stereocenters. The molecule has 0 aliphatic carbocycles. The van der Waals surface area contributed by atoms with Crippen LogP contribution in [0.2, 0.25) is 18.1 Å². The van der Waals surface area contributed by atoms with E-state index in [1.54, 1.807) is 7.05 Å². The summed E-state index contributed by atoms with van der Waals surface area (Å²) in [5.74, 6) is -1.67. The highest BCUT2D eigenvalue weighted by molar-refractivity contribution is 7.32. The highest BCUT2D eigenvalue weighted by Gasteiger charge is 2.60. The zero-order valence-electron chi connectivity index (χ0n) is 25.4. The van der Waals surface area contributed by atoms with Crippen LogP contribution in [0.4, 0.5) is 9.59 Å². The van der Waals surface area contributed by atoms with Crippen molar-refractivity contribution >= 4 is 72.2 Å². The van der Waals surface area contributed by atoms with Crippen molar-refractivity contribution in [3.05, 3.63) is 11.3 Å². The normalized spacial score (nSPS) is 21.5. The first kappa shape index (κ1) is 37.1. The number of hydrogen-bond donors (Lipinski definition) is 5. The van der Waals surface area contributed by atoms with Gasteiger partial charge in [0.2, 0.25) is 11.9 Å². The summed E-state index contributed by atoms with van der Waals surface area (Å²) in [6.07, 6.45) is -2.66. The Labute approximate surface area is 259 Å². The highest BCUT2D eigenvalue weighted by atomic mass is 31.1. The number of fused-ring (bicyclic) bond motifs is 1. The van der Waals surface area contributed by atoms with E-state index in [0.29, 0.717) is 13.1 Å². The minimum atomic E-state index is -1.97. The molecule has 15 nitrogen and oxygen atoms in total. The van der Waals surface area contributed by atoms with Gasteiger partial charge in [0.05, 0.1) is 24.6 Å². The molecule has 0 aromatic rings. The van der Waals surface area contributed by atoms with Crippen molar-refractivity contribution in [2.24, 2.45) is 16.8 Å². The molecule has 0 spiro atoms. The zero-order chi connectivity index (χ0) is 32.3. The number of nitrogens with one attached hydrogen (secondary N) is 4. The smallest absolute Gasteiger partial charge is 0.417 e. The summed E-state index contributed by atoms with van der Waals surface area (Å²) < 4.78 is 16.7. The van der Waals surface area contributed by atoms with E-state index in [0.717, 1.165) is 23.7 Å². The van der Waals surface area contributed by atoms with Crippen LogP contribution in [0.1, 0.15) is 34.6 Å². The van der Waals surface area contributed by atoms with Crippen molar-refractivity contribution in [2.45, 2.75) is 64.9 Å². The lowest BCUT2D eigenvalue weighted by Gasteiger charge is -2.49. The van der Waals surface area contributed by atoms with Crippen molar-refractivity contribution in [1.29, 1.82) is 0 Å². The minimum Gasteiger partial charge on any atom is -0.465 e. The second kappa shape index (κ2) is 17.4. The fraction of sp³-hybridized carbons (Fsp3) is 0.696. The molecule has 2 heterocycles. The lowest BCUT2D eigenvalue weighted by Crippen LogP contribution is -2.65. The standard InChI is InChI=1S/C23H41B2N7O8P2Si/c1-7-43(8-2,9-3)40-14(5)16-17-13(4)15(18(32(17)19(16)33)20(34)38-41-29-24)12-31(6)11-10-26-21(27-22(35)36)28-23(37)39-42-30-25/h13-14,16-17,29-30,41-42H,7-12H2,1-6H3,(H,35,36)(H2,26,27,28,37)/t13-,14+,16+,17+/m0/s1. The molecule has 20 heteroatoms. The number of aliphatic imine (C=N–C) groups is 1. The van der Waals surface area contributed by atoms with Crippen LogP contribution >= 0.6 is 17.9 Å². The van der Waals surface area contributed by atoms with Crippen LogP contribution in [0.3, 0.4) is 0 Å². The maximum atomic E-state index is 13.5. The lowest BCUT2D eigenvalue weighted by molar-refractivity contribution is -0.161. The predicted octanol–water partition coefficient (Wildman–Crippen LogP) is 1.32. The van der Waals surface area contributed by atoms with Gasteiger partial charge in [-0.3, -0.25) is 20.4 Å². The van der Waals surface area contributed by atoms with Crippen LogP contribution in [0.5, 0.6) is 0 Å². The Morgan fingerprint density at radius 2 is 1.72 bits per heavy atom. The molecule has 3 amide bonds. The monoisotopic (exact) mass is 655 g/mol. The van der Waals surface area contributed by atoms with Gasteiger partial charge in [0.1, 0.15) is 23.6 Å². The molecule has 0 bridgehead atoms. The van der Waals surface area contributed by atoms with Gasteiger partial charge in [-0.1, -0.05) is 27.7 Å². The van der Waals surface area contributed by atoms with Crippen LogP contribution in [0.25, 0.3) is 0 Å². The number of β-lactam (4-membered cyclic amide) rings is 1. The van der Waals surface area contributed by atoms with Crippen molar-refractivity contribution in [3.63, 3.8) is 0 Å². The topological polar surface area (TPSA) is 183 Å². The third-order valence-electron chi connectivity index (χ3n) is 7.91. The third-order valence-corrected chi connectivity index (χ3v) is 13.5. The lowest BCUT2D eigenvalue weighted by atomic mass is 9.77. The van der Waals surface area contributed by atoms with E-state index < -0.39 is 44.4 Å². The van der Waals surface area contributed by atoms with Crippen LogP contribution in [0, 0.1) is 11.8 Å². The van der Waals surface area contributed by atoms with Crippen LogP contribution < -0.4 is 20.6 Å². The van der Waals surface area contributed by atoms with Gasteiger partial charge in [0.15, 0.2) is 24.3 Å². The minimum absolute atomic E-state index is 0.0844. The summed E-state index contributed by atoms with van der Waals surface area (Å²) in [4.78, 5) is 61.6. The first-order valence-corrected chi connectivity index (χ1v) is 18.3. The molecule has 4 radical (unpaired) electrons. The highest BCUT2D eigenvalue weighted by Crippen LogP contribution is 2.49. The molecule has 0 saturated carbocycles. The molecule has 236 valence electrons. The number of likely N-dealkylation sites (N-methyl/N-ethyl adjacent to an activating group) is 1. The Kier molecular flexibility index (Phi) is 15.0. The molecule has 5 N–H and O–H groups in total. The van der Waals surface area contributed by atoms with Gasteiger partial charge in [-0.05, 0) is 37.7 Å². The molecule has 1 saturated heterocycles. The van der Waals surface area contributed by atoms with E-state index in [-0.39, 0.29) is 48.1 Å². The van der Waals surface area contributed by atoms with Gasteiger partial charge in [0, 0.05) is 19.0 Å². The number of rotatable bonds is 16. The van der Waals surface area contributed by atoms with E-state index in [2.05, 4.69) is 41.1 Å². The second-order valence-corrected chi connectivity index (χ2v) is 16.4. The average molecular weight is 655 g/mol. The summed E-state index contributed by atoms with van der Waals surface area (Å²) in [5, 5.41) is 13.3. The quantitative estimate of drug-likeness (QED) is 0.0532. The number of carbonyl (C=O) groups excluding carboxylic acids is 3. The van der Waals surface area contributed by atoms with Crippen LogP contribution in [-0.2, 0) is 23.1 Å². The Morgan fingerprint density at radius 3 is 2.28 bits per heavy atom. The summed E-state index contributed by atoms with van der Waals surface area (Å²) in [5.41, 5.74) is 0.943. The summed E-state index contributed by atoms with van der Waals surface area (Å²) >= 11 is 0. The summed E-state index contributed by atoms with van der Waals surface area (Å²) in [6, 6.07) is 2.63. The van der Waals surface area contributed by atoms with Crippen molar-refractivity contribution in [2.75, 3.05) is 26.7 Å². The van der Waals surface area contributed by atoms with E-state index in [1.165, 1.54) is 4.90 Å². The largest absolute Gasteiger partial charge is 0.465 e. The number of carbonyl (C=O) groups is 4. The van der Waals surface area contributed by atoms with E-state index >= 15 is 0 Å². The molecule has 1 fully saturated rings. The second-order valence-electron chi connectivity index (χ2n) is 10.2. The van der Waals surface area contributed by atoms with Gasteiger partial charge in [-0.15, -0.1) is 0 Å². The number of hydrogen-bond acceptors (Lipinski definition) is 11. The van der Waals surface area contributed by atoms with Crippen LogP contribution in [-0.4, -0.2) is 108 Å². The van der Waals surface area contributed by atoms with Gasteiger partial charge in [0.25, 0.3) is 0 Å². The molecular formula is C23H41B2N7O8P2Si. The Morgan fingerprint density at radius 1 is 1.12 bits per heavy atom. The maximum Gasteiger partial charge on any atom is 0.417 e. The molecule has 0 aromatic heterocycles. The molecule has 2 aliphatic heterocycles. The Balaban J connectivity index is 2.21. The Bertz CT molecular complexity index is 1080. The predicted molar refractivity (Wildman–Crippen MR) is 169 cm³/mol. The van der Waals surface area contributed by atoms with Gasteiger partial charge in [-0.25, -0.2) is 14.4 Å². The van der Waals surface area contributed by atoms with E-state index in [4.69, 9.17) is 34.5 Å². The SMILES string of the molecule is [B]NPOC(=O)NC(=NCCN(C)CC1=C(C(=O)OPN[B])N2C(=O)[C@H]([C@@H](C)O[Si](CC)(CC)CC)[C@H]2[C@H]1C)NC(=O)O. The third kappa shape index (κ3) is 9.46. The summed E-state index contributed by atoms with van der Waals surface area (Å²) in [6.45, 7) is 11.1. The molecule has 2 unspecified atom stereocenters. The fourth-order valence-electron chi connectivity index (χ4n) is 5.53. The number of amides is 3. The molecule has 2 rings (SSSR count). The van der Waals surface area contributed by atoms with E-state index in [9.17, 15) is 19.2 Å². The fourth-order valence-corrected chi connectivity index (χ4v) is 8.92. The average Bonchev–Trinajstić information content (AvgIpc) is 3.20. The van der Waals surface area contributed by atoms with Crippen molar-refractivity contribution in [3.8, 4) is 0 Å². The van der Waals surface area contributed by atoms with Crippen LogP contribution in [0.15, 0.2) is 16.3 Å². The molecular weight excluding hydrogens is 614 g/mol. The first-order valence-electron chi connectivity index (χ1n) is 14.0. The van der Waals surface area contributed by atoms with Crippen molar-refractivity contribution in [1.82, 2.24) is 30.4 Å². The Hall–Kier alpha value is -2.06. The molecule has 0 aromatic carbocycles. The van der Waals surface area contributed by atoms with E-state index in [1.807, 2.05) is 24.1 Å². The maximum absolute atomic E-state index is 13.5. The summed E-state index contributed by atoms with van der Waals surface area (Å²) in [7, 11) is 9.19. The number of nitrogens with zero attached hydrogens (tertiary/aromatic N) is 3. The van der Waals surface area contributed by atoms with Gasteiger partial charge < -0.3 is 38.4 Å². The van der Waals surface area contributed by atoms with Crippen molar-refractivity contribution < 1.29 is 37.8 Å². The first-order chi connectivity index (χ1) is 20.4. The molecule has 2 aliphatic rings.